The molecule has 5 atom stereocenters. The van der Waals surface area contributed by atoms with Crippen LogP contribution < -0.4 is 4.74 Å². The lowest BCUT2D eigenvalue weighted by Gasteiger charge is -2.15. The van der Waals surface area contributed by atoms with Crippen LogP contribution in [0.15, 0.2) is 53.0 Å². The molecular formula is C26H27ClN6O5S. The first-order valence-electron chi connectivity index (χ1n) is 12.3. The Balaban J connectivity index is 1.20. The number of aromatic amines is 1. The summed E-state index contributed by atoms with van der Waals surface area (Å²) in [6.07, 6.45) is 1.43. The minimum absolute atomic E-state index is 0.227. The number of hydrogen-bond donors (Lipinski definition) is 2. The van der Waals surface area contributed by atoms with Crippen LogP contribution in [0.25, 0.3) is 33.7 Å². The predicted molar refractivity (Wildman–Crippen MR) is 147 cm³/mol. The minimum atomic E-state index is -2.48. The van der Waals surface area contributed by atoms with Gasteiger partial charge in [0.1, 0.15) is 28.2 Å². The summed E-state index contributed by atoms with van der Waals surface area (Å²) in [5, 5.41) is 10.4. The fraction of sp³-hybridized carbons (Fsp3) is 0.346. The standard InChI is InChI=1S/C26H27ClN6O5S/c1-33(2)39(3,35)32-16-8-9-18(28-11-16)14-4-6-15(7-5-14)22-17(27)10-19-25(30-22)31-26(29-19)38-21-13-37-23-20(34)12-36-24(21)23/h4-11,20-21,23-24,34H,12-13H2,1-3H3,(H,29,30,31)/t20-,21-,23-,24-,39?/m1/s1. The second kappa shape index (κ2) is 10.1. The van der Waals surface area contributed by atoms with Gasteiger partial charge in [0.05, 0.1) is 47.0 Å². The van der Waals surface area contributed by atoms with Crippen LogP contribution in [0.4, 0.5) is 5.69 Å². The summed E-state index contributed by atoms with van der Waals surface area (Å²) in [6.45, 7) is 0.529. The van der Waals surface area contributed by atoms with Crippen molar-refractivity contribution in [2.24, 2.45) is 4.36 Å². The van der Waals surface area contributed by atoms with Crippen LogP contribution >= 0.6 is 11.6 Å². The van der Waals surface area contributed by atoms with Crippen LogP contribution in [0.2, 0.25) is 5.02 Å². The quantitative estimate of drug-likeness (QED) is 0.360. The molecule has 1 unspecified atom stereocenters. The lowest BCUT2D eigenvalue weighted by Crippen LogP contribution is -2.34. The molecule has 2 fully saturated rings. The van der Waals surface area contributed by atoms with Gasteiger partial charge in [-0.25, -0.2) is 13.5 Å². The van der Waals surface area contributed by atoms with Crippen LogP contribution in [0.5, 0.6) is 6.01 Å². The van der Waals surface area contributed by atoms with Gasteiger partial charge in [0, 0.05) is 31.5 Å². The Labute approximate surface area is 230 Å². The van der Waals surface area contributed by atoms with Crippen molar-refractivity contribution < 1.29 is 23.5 Å². The Morgan fingerprint density at radius 2 is 1.85 bits per heavy atom. The largest absolute Gasteiger partial charge is 0.456 e. The monoisotopic (exact) mass is 570 g/mol. The van der Waals surface area contributed by atoms with Crippen molar-refractivity contribution in [2.45, 2.75) is 24.4 Å². The van der Waals surface area contributed by atoms with E-state index in [1.165, 1.54) is 0 Å². The molecule has 2 N–H and O–H groups in total. The molecule has 5 heterocycles. The fourth-order valence-corrected chi connectivity index (χ4v) is 5.45. The number of ether oxygens (including phenoxy) is 3. The molecule has 0 saturated carbocycles. The molecular weight excluding hydrogens is 544 g/mol. The number of nitrogens with zero attached hydrogens (tertiary/aromatic N) is 5. The number of hydrogen-bond acceptors (Lipinski definition) is 9. The highest BCUT2D eigenvalue weighted by Crippen LogP contribution is 2.33. The molecule has 39 heavy (non-hydrogen) atoms. The van der Waals surface area contributed by atoms with E-state index in [1.807, 2.05) is 30.3 Å². The molecule has 6 rings (SSSR count). The van der Waals surface area contributed by atoms with Crippen LogP contribution in [-0.2, 0) is 19.4 Å². The summed E-state index contributed by atoms with van der Waals surface area (Å²) in [7, 11) is 0.973. The number of nitrogens with one attached hydrogen (secondary N) is 1. The van der Waals surface area contributed by atoms with Crippen molar-refractivity contribution in [1.29, 1.82) is 0 Å². The number of aliphatic hydroxyl groups is 1. The first-order chi connectivity index (χ1) is 18.7. The Hall–Kier alpha value is -3.13. The maximum Gasteiger partial charge on any atom is 0.296 e. The van der Waals surface area contributed by atoms with Gasteiger partial charge in [0.25, 0.3) is 6.01 Å². The average Bonchev–Trinajstić information content (AvgIpc) is 3.60. The zero-order valence-electron chi connectivity index (χ0n) is 21.4. The van der Waals surface area contributed by atoms with E-state index in [0.29, 0.717) is 34.2 Å². The minimum Gasteiger partial charge on any atom is -0.456 e. The summed E-state index contributed by atoms with van der Waals surface area (Å²) in [6, 6.07) is 13.4. The van der Waals surface area contributed by atoms with E-state index in [4.69, 9.17) is 25.8 Å². The molecule has 13 heteroatoms. The Morgan fingerprint density at radius 3 is 2.56 bits per heavy atom. The van der Waals surface area contributed by atoms with E-state index in [0.717, 1.165) is 16.8 Å². The van der Waals surface area contributed by atoms with Gasteiger partial charge in [0.15, 0.2) is 11.8 Å². The van der Waals surface area contributed by atoms with Crippen molar-refractivity contribution >= 4 is 38.4 Å². The SMILES string of the molecule is CN(C)S(C)(=O)=Nc1ccc(-c2ccc(-c3nc4nc(O[C@@H]5CO[C@H]6[C@@H]5OC[C@H]6O)[nH]c4cc3Cl)cc2)nc1. The molecule has 0 radical (unpaired) electrons. The van der Waals surface area contributed by atoms with Gasteiger partial charge in [-0.1, -0.05) is 35.9 Å². The molecule has 3 aromatic heterocycles. The van der Waals surface area contributed by atoms with Crippen molar-refractivity contribution in [3.05, 3.63) is 53.7 Å². The molecule has 0 spiro atoms. The van der Waals surface area contributed by atoms with Crippen molar-refractivity contribution in [3.63, 3.8) is 0 Å². The van der Waals surface area contributed by atoms with E-state index in [1.54, 1.807) is 43.0 Å². The molecule has 4 aromatic rings. The lowest BCUT2D eigenvalue weighted by molar-refractivity contribution is 0.00706. The number of halogens is 1. The van der Waals surface area contributed by atoms with Crippen molar-refractivity contribution in [1.82, 2.24) is 24.2 Å². The van der Waals surface area contributed by atoms with E-state index >= 15 is 0 Å². The first kappa shape index (κ1) is 26.1. The maximum absolute atomic E-state index is 12.5. The Morgan fingerprint density at radius 1 is 1.10 bits per heavy atom. The molecule has 0 bridgehead atoms. The van der Waals surface area contributed by atoms with Gasteiger partial charge in [-0.15, -0.1) is 0 Å². The highest BCUT2D eigenvalue weighted by molar-refractivity contribution is 7.90. The number of aliphatic hydroxyl groups excluding tert-OH is 1. The average molecular weight is 571 g/mol. The number of pyridine rings is 2. The summed E-state index contributed by atoms with van der Waals surface area (Å²) in [4.78, 5) is 16.7. The third-order valence-electron chi connectivity index (χ3n) is 6.80. The summed E-state index contributed by atoms with van der Waals surface area (Å²) >= 11 is 6.59. The van der Waals surface area contributed by atoms with Crippen molar-refractivity contribution in [2.75, 3.05) is 33.6 Å². The molecule has 2 aliphatic heterocycles. The normalized spacial score (nSPS) is 24.2. The molecule has 2 saturated heterocycles. The van der Waals surface area contributed by atoms with Gasteiger partial charge in [-0.3, -0.25) is 4.98 Å². The third kappa shape index (κ3) is 5.11. The van der Waals surface area contributed by atoms with Gasteiger partial charge in [-0.2, -0.15) is 9.35 Å². The zero-order valence-corrected chi connectivity index (χ0v) is 23.0. The lowest BCUT2D eigenvalue weighted by atomic mass is 10.1. The maximum atomic E-state index is 12.5. The second-order valence-electron chi connectivity index (χ2n) is 9.70. The van der Waals surface area contributed by atoms with Crippen molar-refractivity contribution in [3.8, 4) is 28.5 Å². The van der Waals surface area contributed by atoms with E-state index in [-0.39, 0.29) is 30.9 Å². The Kier molecular flexibility index (Phi) is 6.78. The molecule has 204 valence electrons. The fourth-order valence-electron chi connectivity index (χ4n) is 4.53. The first-order valence-corrected chi connectivity index (χ1v) is 14.5. The number of aromatic nitrogens is 4. The molecule has 11 nitrogen and oxygen atoms in total. The van der Waals surface area contributed by atoms with Crippen LogP contribution in [-0.4, -0.2) is 91.5 Å². The van der Waals surface area contributed by atoms with Crippen LogP contribution in [0.1, 0.15) is 0 Å². The highest BCUT2D eigenvalue weighted by Gasteiger charge is 2.48. The Bertz CT molecular complexity index is 1640. The van der Waals surface area contributed by atoms with E-state index in [9.17, 15) is 9.32 Å². The number of rotatable bonds is 6. The van der Waals surface area contributed by atoms with Crippen LogP contribution in [0.3, 0.4) is 0 Å². The van der Waals surface area contributed by atoms with E-state index in [2.05, 4.69) is 24.3 Å². The second-order valence-corrected chi connectivity index (χ2v) is 12.5. The summed E-state index contributed by atoms with van der Waals surface area (Å²) in [5.74, 6) is 0. The van der Waals surface area contributed by atoms with Crippen LogP contribution in [0, 0.1) is 0 Å². The van der Waals surface area contributed by atoms with Gasteiger partial charge >= 0.3 is 0 Å². The molecule has 0 amide bonds. The smallest absolute Gasteiger partial charge is 0.296 e. The number of H-pyrrole nitrogens is 1. The zero-order chi connectivity index (χ0) is 27.3. The van der Waals surface area contributed by atoms with E-state index < -0.39 is 16.0 Å². The number of benzene rings is 1. The number of imidazole rings is 1. The third-order valence-corrected chi connectivity index (χ3v) is 9.00. The number of fused-ring (bicyclic) bond motifs is 2. The highest BCUT2D eigenvalue weighted by atomic mass is 35.5. The molecule has 0 aliphatic carbocycles. The van der Waals surface area contributed by atoms with Gasteiger partial charge in [0.2, 0.25) is 0 Å². The summed E-state index contributed by atoms with van der Waals surface area (Å²) < 4.78 is 35.6. The predicted octanol–water partition coefficient (Wildman–Crippen LogP) is 3.45. The summed E-state index contributed by atoms with van der Waals surface area (Å²) in [5.41, 5.74) is 4.72. The molecule has 1 aromatic carbocycles. The molecule has 2 aliphatic rings. The van der Waals surface area contributed by atoms with Gasteiger partial charge < -0.3 is 24.3 Å². The topological polar surface area (TPSA) is 135 Å². The van der Waals surface area contributed by atoms with Gasteiger partial charge in [-0.05, 0) is 18.2 Å².